The predicted molar refractivity (Wildman–Crippen MR) is 58.7 cm³/mol. The van der Waals surface area contributed by atoms with Crippen LogP contribution in [-0.2, 0) is 0 Å². The van der Waals surface area contributed by atoms with Gasteiger partial charge in [0.1, 0.15) is 5.82 Å². The average Bonchev–Trinajstić information content (AvgIpc) is 2.15. The first-order valence-electron chi connectivity index (χ1n) is 4.82. The Morgan fingerprint density at radius 3 is 2.50 bits per heavy atom. The largest absolute Gasteiger partial charge is 0.207 e. The zero-order chi connectivity index (χ0) is 10.7. The van der Waals surface area contributed by atoms with Gasteiger partial charge in [0.2, 0.25) is 0 Å². The molecule has 0 aromatic heterocycles. The molecule has 0 N–H and O–H groups in total. The van der Waals surface area contributed by atoms with Gasteiger partial charge in [-0.25, -0.2) is 4.39 Å². The Balaban J connectivity index is 3.06. The lowest BCUT2D eigenvalue weighted by molar-refractivity contribution is 0.597. The van der Waals surface area contributed by atoms with E-state index >= 15 is 0 Å². The summed E-state index contributed by atoms with van der Waals surface area (Å²) in [5.41, 5.74) is 1.67. The molecule has 1 aromatic carbocycles. The minimum absolute atomic E-state index is 0.126. The number of hydrogen-bond donors (Lipinski definition) is 0. The standard InChI is InChI=1S/C13H16F/c1-5-10(4)11-6-7-12(9(2)3)13(14)8-11/h5-9H,1H2,2-4H3. The molecule has 0 spiro atoms. The van der Waals surface area contributed by atoms with Crippen LogP contribution in [0, 0.1) is 11.7 Å². The summed E-state index contributed by atoms with van der Waals surface area (Å²) in [5.74, 6) is 1.10. The molecular weight excluding hydrogens is 175 g/mol. The molecule has 0 fully saturated rings. The minimum atomic E-state index is -0.126. The number of halogens is 1. The van der Waals surface area contributed by atoms with Crippen LogP contribution < -0.4 is 0 Å². The van der Waals surface area contributed by atoms with Crippen LogP contribution in [0.1, 0.15) is 37.8 Å². The van der Waals surface area contributed by atoms with Gasteiger partial charge in [-0.3, -0.25) is 0 Å². The topological polar surface area (TPSA) is 0 Å². The van der Waals surface area contributed by atoms with E-state index in [-0.39, 0.29) is 11.7 Å². The van der Waals surface area contributed by atoms with Gasteiger partial charge in [0.05, 0.1) is 0 Å². The summed E-state index contributed by atoms with van der Waals surface area (Å²) in [5, 5.41) is 0. The molecule has 0 aliphatic carbocycles. The van der Waals surface area contributed by atoms with E-state index < -0.39 is 0 Å². The third kappa shape index (κ3) is 2.22. The van der Waals surface area contributed by atoms with E-state index in [1.165, 1.54) is 0 Å². The van der Waals surface area contributed by atoms with Crippen LogP contribution >= 0.6 is 0 Å². The molecule has 1 rings (SSSR count). The fourth-order valence-electron chi connectivity index (χ4n) is 1.36. The highest BCUT2D eigenvalue weighted by Gasteiger charge is 2.09. The number of benzene rings is 1. The minimum Gasteiger partial charge on any atom is -0.207 e. The molecular formula is C13H16F. The molecule has 0 bridgehead atoms. The molecule has 0 aliphatic rings. The summed E-state index contributed by atoms with van der Waals surface area (Å²) in [6.45, 7) is 9.57. The van der Waals surface area contributed by atoms with Crippen molar-refractivity contribution in [3.8, 4) is 0 Å². The number of rotatable bonds is 3. The van der Waals surface area contributed by atoms with Crippen molar-refractivity contribution in [1.29, 1.82) is 0 Å². The summed E-state index contributed by atoms with van der Waals surface area (Å²) in [7, 11) is 0. The molecule has 0 heterocycles. The zero-order valence-electron chi connectivity index (χ0n) is 8.97. The van der Waals surface area contributed by atoms with Crippen molar-refractivity contribution in [2.24, 2.45) is 0 Å². The Bertz CT molecular complexity index is 326. The zero-order valence-corrected chi connectivity index (χ0v) is 8.97. The third-order valence-electron chi connectivity index (χ3n) is 2.38. The third-order valence-corrected chi connectivity index (χ3v) is 2.38. The Kier molecular flexibility index (Phi) is 3.45. The van der Waals surface area contributed by atoms with E-state index in [0.29, 0.717) is 0 Å². The summed E-state index contributed by atoms with van der Waals surface area (Å²) in [6, 6.07) is 5.37. The molecule has 0 atom stereocenters. The molecule has 1 heteroatoms. The van der Waals surface area contributed by atoms with Crippen LogP contribution in [0.2, 0.25) is 0 Å². The van der Waals surface area contributed by atoms with Gasteiger partial charge in [-0.1, -0.05) is 39.0 Å². The van der Waals surface area contributed by atoms with Crippen molar-refractivity contribution in [2.45, 2.75) is 26.7 Å². The van der Waals surface area contributed by atoms with Gasteiger partial charge in [-0.15, -0.1) is 6.58 Å². The average molecular weight is 191 g/mol. The fraction of sp³-hybridized carbons (Fsp3) is 0.308. The van der Waals surface area contributed by atoms with Crippen LogP contribution in [0.15, 0.2) is 30.9 Å². The first-order chi connectivity index (χ1) is 6.56. The normalized spacial score (nSPS) is 11.0. The van der Waals surface area contributed by atoms with Gasteiger partial charge in [0.25, 0.3) is 0 Å². The fourth-order valence-corrected chi connectivity index (χ4v) is 1.36. The number of allylic oxidation sites excluding steroid dienone is 1. The van der Waals surface area contributed by atoms with E-state index in [9.17, 15) is 4.39 Å². The molecule has 0 saturated carbocycles. The van der Waals surface area contributed by atoms with Crippen molar-refractivity contribution in [3.63, 3.8) is 0 Å². The SMILES string of the molecule is C=C[C](C)c1ccc(C(C)C)c(F)c1. The summed E-state index contributed by atoms with van der Waals surface area (Å²) >= 11 is 0. The van der Waals surface area contributed by atoms with Crippen molar-refractivity contribution < 1.29 is 4.39 Å². The second-order valence-electron chi connectivity index (χ2n) is 3.78. The summed E-state index contributed by atoms with van der Waals surface area (Å²) < 4.78 is 13.5. The van der Waals surface area contributed by atoms with Gasteiger partial charge < -0.3 is 0 Å². The summed E-state index contributed by atoms with van der Waals surface area (Å²) in [6.07, 6.45) is 1.74. The molecule has 0 saturated heterocycles. The van der Waals surface area contributed by atoms with Crippen molar-refractivity contribution in [2.75, 3.05) is 0 Å². The smallest absolute Gasteiger partial charge is 0.126 e. The first kappa shape index (κ1) is 11.0. The Morgan fingerprint density at radius 1 is 1.43 bits per heavy atom. The van der Waals surface area contributed by atoms with Gasteiger partial charge in [0, 0.05) is 5.92 Å². The van der Waals surface area contributed by atoms with E-state index in [1.54, 1.807) is 12.1 Å². The maximum absolute atomic E-state index is 13.5. The van der Waals surface area contributed by atoms with Gasteiger partial charge in [-0.05, 0) is 23.1 Å². The highest BCUT2D eigenvalue weighted by Crippen LogP contribution is 2.23. The van der Waals surface area contributed by atoms with Gasteiger partial charge >= 0.3 is 0 Å². The Hall–Kier alpha value is -1.11. The lowest BCUT2D eigenvalue weighted by Crippen LogP contribution is -1.97. The van der Waals surface area contributed by atoms with E-state index in [0.717, 1.165) is 17.0 Å². The highest BCUT2D eigenvalue weighted by molar-refractivity contribution is 5.38. The molecule has 0 unspecified atom stereocenters. The van der Waals surface area contributed by atoms with Crippen LogP contribution in [0.3, 0.4) is 0 Å². The molecule has 14 heavy (non-hydrogen) atoms. The van der Waals surface area contributed by atoms with Gasteiger partial charge in [0.15, 0.2) is 0 Å². The monoisotopic (exact) mass is 191 g/mol. The van der Waals surface area contributed by atoms with Crippen molar-refractivity contribution in [3.05, 3.63) is 53.7 Å². The summed E-state index contributed by atoms with van der Waals surface area (Å²) in [4.78, 5) is 0. The van der Waals surface area contributed by atoms with Gasteiger partial charge in [-0.2, -0.15) is 0 Å². The van der Waals surface area contributed by atoms with Crippen LogP contribution in [0.4, 0.5) is 4.39 Å². The maximum atomic E-state index is 13.5. The molecule has 0 aliphatic heterocycles. The van der Waals surface area contributed by atoms with Crippen molar-refractivity contribution >= 4 is 0 Å². The quantitative estimate of drug-likeness (QED) is 0.675. The lowest BCUT2D eigenvalue weighted by atomic mass is 9.96. The first-order valence-corrected chi connectivity index (χ1v) is 4.82. The second kappa shape index (κ2) is 4.41. The van der Waals surface area contributed by atoms with Crippen LogP contribution in [0.5, 0.6) is 0 Å². The predicted octanol–water partition coefficient (Wildman–Crippen LogP) is 4.08. The molecule has 1 aromatic rings. The Labute approximate surface area is 85.5 Å². The molecule has 75 valence electrons. The van der Waals surface area contributed by atoms with Crippen LogP contribution in [-0.4, -0.2) is 0 Å². The van der Waals surface area contributed by atoms with Crippen molar-refractivity contribution in [1.82, 2.24) is 0 Å². The van der Waals surface area contributed by atoms with Crippen LogP contribution in [0.25, 0.3) is 0 Å². The highest BCUT2D eigenvalue weighted by atomic mass is 19.1. The lowest BCUT2D eigenvalue weighted by Gasteiger charge is -2.10. The van der Waals surface area contributed by atoms with E-state index in [4.69, 9.17) is 0 Å². The molecule has 0 amide bonds. The second-order valence-corrected chi connectivity index (χ2v) is 3.78. The molecule has 0 nitrogen and oxygen atoms in total. The van der Waals surface area contributed by atoms with E-state index in [2.05, 4.69) is 6.58 Å². The molecule has 1 radical (unpaired) electrons. The Morgan fingerprint density at radius 2 is 2.07 bits per heavy atom. The number of hydrogen-bond acceptors (Lipinski definition) is 0. The maximum Gasteiger partial charge on any atom is 0.126 e. The van der Waals surface area contributed by atoms with E-state index in [1.807, 2.05) is 32.9 Å².